The van der Waals surface area contributed by atoms with Gasteiger partial charge >= 0.3 is 0 Å². The monoisotopic (exact) mass is 164 g/mol. The normalized spacial score (nSPS) is 10.1. The molecule has 0 atom stereocenters. The molecular formula is C10H16N2. The van der Waals surface area contributed by atoms with Crippen molar-refractivity contribution < 1.29 is 0 Å². The predicted octanol–water partition coefficient (Wildman–Crippen LogP) is 1.69. The van der Waals surface area contributed by atoms with Gasteiger partial charge in [-0.25, -0.2) is 0 Å². The minimum absolute atomic E-state index is 0.953. The lowest BCUT2D eigenvalue weighted by atomic mass is 10.3. The van der Waals surface area contributed by atoms with Crippen molar-refractivity contribution in [1.29, 1.82) is 0 Å². The van der Waals surface area contributed by atoms with Gasteiger partial charge in [-0.3, -0.25) is 0 Å². The number of nitrogens with one attached hydrogen (secondary N) is 1. The molecule has 0 aromatic carbocycles. The summed E-state index contributed by atoms with van der Waals surface area (Å²) in [5, 5.41) is 3.33. The van der Waals surface area contributed by atoms with Gasteiger partial charge in [-0.1, -0.05) is 6.08 Å². The molecule has 12 heavy (non-hydrogen) atoms. The molecule has 0 saturated carbocycles. The predicted molar refractivity (Wildman–Crippen MR) is 51.9 cm³/mol. The van der Waals surface area contributed by atoms with E-state index in [9.17, 15) is 0 Å². The fraction of sp³-hybridized carbons (Fsp3) is 0.400. The van der Waals surface area contributed by atoms with E-state index in [1.807, 2.05) is 13.1 Å². The SMILES string of the molecule is C=CCCNCc1ccn(C)c1. The van der Waals surface area contributed by atoms with Gasteiger partial charge in [0.05, 0.1) is 0 Å². The van der Waals surface area contributed by atoms with E-state index in [-0.39, 0.29) is 0 Å². The number of aryl methyl sites for hydroxylation is 1. The number of aromatic nitrogens is 1. The molecule has 1 rings (SSSR count). The van der Waals surface area contributed by atoms with Gasteiger partial charge in [0, 0.05) is 26.0 Å². The highest BCUT2D eigenvalue weighted by Gasteiger charge is 1.92. The fourth-order valence-corrected chi connectivity index (χ4v) is 1.10. The Morgan fingerprint density at radius 2 is 2.50 bits per heavy atom. The molecule has 0 fully saturated rings. The summed E-state index contributed by atoms with van der Waals surface area (Å²) in [5.41, 5.74) is 1.33. The van der Waals surface area contributed by atoms with Crippen molar-refractivity contribution in [2.45, 2.75) is 13.0 Å². The van der Waals surface area contributed by atoms with Crippen LogP contribution in [0.5, 0.6) is 0 Å². The number of nitrogens with zero attached hydrogens (tertiary/aromatic N) is 1. The summed E-state index contributed by atoms with van der Waals surface area (Å²) < 4.78 is 2.06. The topological polar surface area (TPSA) is 17.0 Å². The molecular weight excluding hydrogens is 148 g/mol. The summed E-state index contributed by atoms with van der Waals surface area (Å²) >= 11 is 0. The van der Waals surface area contributed by atoms with Gasteiger partial charge in [0.15, 0.2) is 0 Å². The zero-order valence-electron chi connectivity index (χ0n) is 7.59. The Bertz CT molecular complexity index is 238. The van der Waals surface area contributed by atoms with E-state index in [2.05, 4.69) is 34.9 Å². The molecule has 2 heteroatoms. The van der Waals surface area contributed by atoms with Crippen LogP contribution in [0.1, 0.15) is 12.0 Å². The summed E-state index contributed by atoms with van der Waals surface area (Å²) in [6, 6.07) is 2.13. The molecule has 0 bridgehead atoms. The van der Waals surface area contributed by atoms with Gasteiger partial charge in [0.1, 0.15) is 0 Å². The third kappa shape index (κ3) is 2.93. The first-order valence-corrected chi connectivity index (χ1v) is 4.25. The molecule has 0 aliphatic carbocycles. The maximum Gasteiger partial charge on any atom is 0.0220 e. The highest BCUT2D eigenvalue weighted by Crippen LogP contribution is 1.97. The summed E-state index contributed by atoms with van der Waals surface area (Å²) in [6.45, 7) is 5.63. The van der Waals surface area contributed by atoms with Crippen molar-refractivity contribution >= 4 is 0 Å². The second-order valence-corrected chi connectivity index (χ2v) is 2.94. The first-order valence-electron chi connectivity index (χ1n) is 4.25. The van der Waals surface area contributed by atoms with E-state index in [4.69, 9.17) is 0 Å². The second kappa shape index (κ2) is 4.78. The number of rotatable bonds is 5. The van der Waals surface area contributed by atoms with Crippen molar-refractivity contribution in [3.63, 3.8) is 0 Å². The molecule has 0 spiro atoms. The van der Waals surface area contributed by atoms with Gasteiger partial charge in [-0.05, 0) is 24.6 Å². The van der Waals surface area contributed by atoms with E-state index < -0.39 is 0 Å². The average molecular weight is 164 g/mol. The Morgan fingerprint density at radius 1 is 1.67 bits per heavy atom. The van der Waals surface area contributed by atoms with Gasteiger partial charge in [0.2, 0.25) is 0 Å². The first kappa shape index (κ1) is 9.07. The van der Waals surface area contributed by atoms with Crippen molar-refractivity contribution in [3.8, 4) is 0 Å². The summed E-state index contributed by atoms with van der Waals surface area (Å²) in [5.74, 6) is 0. The van der Waals surface area contributed by atoms with Crippen LogP contribution in [0, 0.1) is 0 Å². The molecule has 1 N–H and O–H groups in total. The highest BCUT2D eigenvalue weighted by atomic mass is 14.9. The standard InChI is InChI=1S/C10H16N2/c1-3-4-6-11-8-10-5-7-12(2)9-10/h3,5,7,9,11H,1,4,6,8H2,2H3. The van der Waals surface area contributed by atoms with Crippen LogP contribution in [-0.4, -0.2) is 11.1 Å². The first-order chi connectivity index (χ1) is 5.83. The molecule has 1 aromatic rings. The molecule has 66 valence electrons. The Kier molecular flexibility index (Phi) is 3.61. The van der Waals surface area contributed by atoms with E-state index in [1.165, 1.54) is 5.56 Å². The Balaban J connectivity index is 2.19. The number of hydrogen-bond donors (Lipinski definition) is 1. The Labute approximate surface area is 73.9 Å². The molecule has 0 aliphatic heterocycles. The maximum atomic E-state index is 3.67. The van der Waals surface area contributed by atoms with Crippen molar-refractivity contribution in [2.24, 2.45) is 7.05 Å². The van der Waals surface area contributed by atoms with Crippen molar-refractivity contribution in [3.05, 3.63) is 36.7 Å². The van der Waals surface area contributed by atoms with Gasteiger partial charge in [-0.15, -0.1) is 6.58 Å². The molecule has 2 nitrogen and oxygen atoms in total. The van der Waals surface area contributed by atoms with Crippen LogP contribution in [0.3, 0.4) is 0 Å². The van der Waals surface area contributed by atoms with E-state index in [0.717, 1.165) is 19.5 Å². The second-order valence-electron chi connectivity index (χ2n) is 2.94. The molecule has 1 aromatic heterocycles. The molecule has 0 amide bonds. The Morgan fingerprint density at radius 3 is 3.08 bits per heavy atom. The summed E-state index contributed by atoms with van der Waals surface area (Å²) in [7, 11) is 2.03. The third-order valence-electron chi connectivity index (χ3n) is 1.75. The van der Waals surface area contributed by atoms with Gasteiger partial charge < -0.3 is 9.88 Å². The number of hydrogen-bond acceptors (Lipinski definition) is 1. The molecule has 0 aliphatic rings. The van der Waals surface area contributed by atoms with Crippen LogP contribution in [0.25, 0.3) is 0 Å². The van der Waals surface area contributed by atoms with Crippen LogP contribution < -0.4 is 5.32 Å². The average Bonchev–Trinajstić information content (AvgIpc) is 2.45. The van der Waals surface area contributed by atoms with E-state index in [1.54, 1.807) is 0 Å². The highest BCUT2D eigenvalue weighted by molar-refractivity contribution is 5.09. The molecule has 0 saturated heterocycles. The van der Waals surface area contributed by atoms with Crippen molar-refractivity contribution in [1.82, 2.24) is 9.88 Å². The van der Waals surface area contributed by atoms with Crippen LogP contribution in [0.2, 0.25) is 0 Å². The van der Waals surface area contributed by atoms with Crippen LogP contribution >= 0.6 is 0 Å². The quantitative estimate of drug-likeness (QED) is 0.517. The third-order valence-corrected chi connectivity index (χ3v) is 1.75. The van der Waals surface area contributed by atoms with Gasteiger partial charge in [-0.2, -0.15) is 0 Å². The van der Waals surface area contributed by atoms with Crippen LogP contribution in [-0.2, 0) is 13.6 Å². The van der Waals surface area contributed by atoms with E-state index in [0.29, 0.717) is 0 Å². The zero-order valence-corrected chi connectivity index (χ0v) is 7.59. The van der Waals surface area contributed by atoms with Crippen molar-refractivity contribution in [2.75, 3.05) is 6.54 Å². The van der Waals surface area contributed by atoms with Gasteiger partial charge in [0.25, 0.3) is 0 Å². The molecule has 0 unspecified atom stereocenters. The minimum atomic E-state index is 0.953. The van der Waals surface area contributed by atoms with E-state index >= 15 is 0 Å². The largest absolute Gasteiger partial charge is 0.357 e. The molecule has 1 heterocycles. The van der Waals surface area contributed by atoms with Crippen LogP contribution in [0.4, 0.5) is 0 Å². The minimum Gasteiger partial charge on any atom is -0.357 e. The molecule has 0 radical (unpaired) electrons. The van der Waals surface area contributed by atoms with Crippen LogP contribution in [0.15, 0.2) is 31.1 Å². The smallest absolute Gasteiger partial charge is 0.0220 e. The fourth-order valence-electron chi connectivity index (χ4n) is 1.10. The lowest BCUT2D eigenvalue weighted by Gasteiger charge is -1.99. The zero-order chi connectivity index (χ0) is 8.81. The lowest BCUT2D eigenvalue weighted by molar-refractivity contribution is 0.694. The Hall–Kier alpha value is -1.02. The summed E-state index contributed by atoms with van der Waals surface area (Å²) in [6.07, 6.45) is 7.15. The lowest BCUT2D eigenvalue weighted by Crippen LogP contribution is -2.13. The maximum absolute atomic E-state index is 3.67. The summed E-state index contributed by atoms with van der Waals surface area (Å²) in [4.78, 5) is 0.